The van der Waals surface area contributed by atoms with Crippen molar-refractivity contribution in [3.05, 3.63) is 199 Å². The van der Waals surface area contributed by atoms with Gasteiger partial charge in [0.1, 0.15) is 0 Å². The standard InChI is InChI=1S/C54H35N3S/c1-2-14-35(15-3-1)52-55-53(40-23-22-33-12-4-5-16-36(33)31-40)57-54(56-52)46-28-29-48-50(45-27-24-34-13-8-9-19-41(34)51(45)58-48)49(46)44-26-25-39-30-37-17-6-7-18-38(37)32-47(39)43-21-11-10-20-42(43)44/h1-24,27-32,44H,25-26H2. The molecule has 0 N–H and O–H groups in total. The van der Waals surface area contributed by atoms with E-state index in [2.05, 4.69) is 176 Å². The molecule has 0 saturated heterocycles. The second-order valence-electron chi connectivity index (χ2n) is 15.4. The normalized spacial score (nSPS) is 13.9. The van der Waals surface area contributed by atoms with Crippen LogP contribution in [0.15, 0.2) is 182 Å². The summed E-state index contributed by atoms with van der Waals surface area (Å²) in [5.74, 6) is 2.11. The Balaban J connectivity index is 1.16. The van der Waals surface area contributed by atoms with Gasteiger partial charge in [-0.25, -0.2) is 15.0 Å². The zero-order chi connectivity index (χ0) is 38.2. The molecule has 272 valence electrons. The van der Waals surface area contributed by atoms with E-state index in [1.165, 1.54) is 74.9 Å². The van der Waals surface area contributed by atoms with Crippen molar-refractivity contribution in [2.75, 3.05) is 0 Å². The number of nitrogens with zero attached hydrogens (tertiary/aromatic N) is 3. The third kappa shape index (κ3) is 5.37. The van der Waals surface area contributed by atoms with E-state index in [1.54, 1.807) is 0 Å². The molecule has 0 saturated carbocycles. The predicted octanol–water partition coefficient (Wildman–Crippen LogP) is 14.4. The minimum Gasteiger partial charge on any atom is -0.208 e. The van der Waals surface area contributed by atoms with E-state index in [1.807, 2.05) is 17.4 Å². The SMILES string of the molecule is c1ccc(-c2nc(-c3ccc4ccccc4c3)nc(-c3ccc4sc5c6ccccc6ccc5c4c3C3CCc4cc5ccccc5cc4-c4ccccc43)n2)cc1. The van der Waals surface area contributed by atoms with Gasteiger partial charge in [-0.05, 0) is 97.2 Å². The van der Waals surface area contributed by atoms with Crippen LogP contribution in [-0.2, 0) is 6.42 Å². The van der Waals surface area contributed by atoms with E-state index in [0.29, 0.717) is 17.5 Å². The van der Waals surface area contributed by atoms with Crippen molar-refractivity contribution in [3.63, 3.8) is 0 Å². The average Bonchev–Trinajstić information content (AvgIpc) is 3.61. The zero-order valence-corrected chi connectivity index (χ0v) is 32.4. The lowest BCUT2D eigenvalue weighted by Crippen LogP contribution is -2.08. The Morgan fingerprint density at radius 1 is 0.431 bits per heavy atom. The molecule has 0 aliphatic heterocycles. The van der Waals surface area contributed by atoms with Gasteiger partial charge in [0.2, 0.25) is 0 Å². The van der Waals surface area contributed by atoms with Crippen molar-refractivity contribution in [2.45, 2.75) is 18.8 Å². The maximum atomic E-state index is 5.42. The summed E-state index contributed by atoms with van der Waals surface area (Å²) in [5.41, 5.74) is 9.65. The summed E-state index contributed by atoms with van der Waals surface area (Å²) in [6.07, 6.45) is 1.91. The molecule has 1 aliphatic rings. The van der Waals surface area contributed by atoms with Crippen molar-refractivity contribution in [3.8, 4) is 45.3 Å². The fourth-order valence-corrected chi connectivity index (χ4v) is 10.6. The van der Waals surface area contributed by atoms with E-state index in [0.717, 1.165) is 34.9 Å². The van der Waals surface area contributed by atoms with Gasteiger partial charge >= 0.3 is 0 Å². The molecule has 11 aromatic rings. The molecular formula is C54H35N3S. The lowest BCUT2D eigenvalue weighted by atomic mass is 9.81. The molecule has 0 bridgehead atoms. The van der Waals surface area contributed by atoms with Crippen molar-refractivity contribution in [1.82, 2.24) is 15.0 Å². The van der Waals surface area contributed by atoms with Gasteiger partial charge in [-0.1, -0.05) is 158 Å². The van der Waals surface area contributed by atoms with Crippen LogP contribution in [0, 0.1) is 0 Å². The molecule has 0 amide bonds. The Morgan fingerprint density at radius 3 is 1.93 bits per heavy atom. The van der Waals surface area contributed by atoms with Gasteiger partial charge in [0.05, 0.1) is 0 Å². The first kappa shape index (κ1) is 33.2. The van der Waals surface area contributed by atoms with Gasteiger partial charge in [0, 0.05) is 42.8 Å². The van der Waals surface area contributed by atoms with E-state index in [-0.39, 0.29) is 5.92 Å². The first-order valence-corrected chi connectivity index (χ1v) is 20.8. The summed E-state index contributed by atoms with van der Waals surface area (Å²) < 4.78 is 2.60. The quantitative estimate of drug-likeness (QED) is 0.179. The molecule has 2 heterocycles. The molecule has 1 aliphatic carbocycles. The fraction of sp³-hybridized carbons (Fsp3) is 0.0556. The molecule has 1 atom stereocenters. The number of hydrogen-bond acceptors (Lipinski definition) is 4. The average molecular weight is 758 g/mol. The molecule has 4 heteroatoms. The number of hydrogen-bond donors (Lipinski definition) is 0. The van der Waals surface area contributed by atoms with E-state index < -0.39 is 0 Å². The molecule has 12 rings (SSSR count). The Morgan fingerprint density at radius 2 is 1.09 bits per heavy atom. The monoisotopic (exact) mass is 757 g/mol. The first-order valence-electron chi connectivity index (χ1n) is 20.0. The van der Waals surface area contributed by atoms with Gasteiger partial charge in [0.25, 0.3) is 0 Å². The molecule has 0 spiro atoms. The molecule has 2 aromatic heterocycles. The molecule has 1 unspecified atom stereocenters. The molecular weight excluding hydrogens is 723 g/mol. The van der Waals surface area contributed by atoms with Crippen molar-refractivity contribution in [1.29, 1.82) is 0 Å². The van der Waals surface area contributed by atoms with Gasteiger partial charge < -0.3 is 0 Å². The van der Waals surface area contributed by atoms with Gasteiger partial charge in [-0.3, -0.25) is 0 Å². The molecule has 0 fully saturated rings. The highest BCUT2D eigenvalue weighted by Gasteiger charge is 2.30. The number of benzene rings is 9. The highest BCUT2D eigenvalue weighted by Crippen LogP contribution is 2.50. The minimum atomic E-state index is 0.0794. The van der Waals surface area contributed by atoms with E-state index in [4.69, 9.17) is 15.0 Å². The largest absolute Gasteiger partial charge is 0.208 e. The first-order chi connectivity index (χ1) is 28.7. The third-order valence-electron chi connectivity index (χ3n) is 12.1. The Kier molecular flexibility index (Phi) is 7.60. The zero-order valence-electron chi connectivity index (χ0n) is 31.6. The van der Waals surface area contributed by atoms with Crippen LogP contribution in [0.5, 0.6) is 0 Å². The third-order valence-corrected chi connectivity index (χ3v) is 13.3. The molecule has 58 heavy (non-hydrogen) atoms. The van der Waals surface area contributed by atoms with Crippen LogP contribution < -0.4 is 0 Å². The summed E-state index contributed by atoms with van der Waals surface area (Å²) in [4.78, 5) is 16.0. The Labute approximate surface area is 340 Å². The van der Waals surface area contributed by atoms with Crippen molar-refractivity contribution >= 4 is 63.8 Å². The fourth-order valence-electron chi connectivity index (χ4n) is 9.40. The topological polar surface area (TPSA) is 38.7 Å². The maximum Gasteiger partial charge on any atom is 0.164 e. The van der Waals surface area contributed by atoms with Crippen molar-refractivity contribution < 1.29 is 0 Å². The number of rotatable bonds is 4. The van der Waals surface area contributed by atoms with Crippen LogP contribution in [0.1, 0.15) is 29.0 Å². The van der Waals surface area contributed by atoms with E-state index in [9.17, 15) is 0 Å². The van der Waals surface area contributed by atoms with Gasteiger partial charge in [-0.15, -0.1) is 11.3 Å². The minimum absolute atomic E-state index is 0.0794. The summed E-state index contributed by atoms with van der Waals surface area (Å²) >= 11 is 1.90. The number of aryl methyl sites for hydroxylation is 1. The molecule has 9 aromatic carbocycles. The van der Waals surface area contributed by atoms with Crippen LogP contribution in [0.4, 0.5) is 0 Å². The lowest BCUT2D eigenvalue weighted by Gasteiger charge is -2.23. The number of aromatic nitrogens is 3. The van der Waals surface area contributed by atoms with E-state index >= 15 is 0 Å². The highest BCUT2D eigenvalue weighted by molar-refractivity contribution is 7.26. The Hall–Kier alpha value is -7.01. The van der Waals surface area contributed by atoms with Crippen LogP contribution in [0.3, 0.4) is 0 Å². The molecule has 3 nitrogen and oxygen atoms in total. The number of thiophene rings is 1. The maximum absolute atomic E-state index is 5.42. The van der Waals surface area contributed by atoms with Crippen LogP contribution in [0.25, 0.3) is 97.8 Å². The predicted molar refractivity (Wildman–Crippen MR) is 244 cm³/mol. The summed E-state index contributed by atoms with van der Waals surface area (Å²) in [5, 5.41) is 10.0. The van der Waals surface area contributed by atoms with Crippen molar-refractivity contribution in [2.24, 2.45) is 0 Å². The lowest BCUT2D eigenvalue weighted by molar-refractivity contribution is 0.732. The molecule has 0 radical (unpaired) electrons. The second-order valence-corrected chi connectivity index (χ2v) is 16.5. The smallest absolute Gasteiger partial charge is 0.164 e. The van der Waals surface area contributed by atoms with Gasteiger partial charge in [-0.2, -0.15) is 0 Å². The van der Waals surface area contributed by atoms with Gasteiger partial charge in [0.15, 0.2) is 17.5 Å². The highest BCUT2D eigenvalue weighted by atomic mass is 32.1. The Bertz CT molecular complexity index is 3420. The van der Waals surface area contributed by atoms with Crippen LogP contribution >= 0.6 is 11.3 Å². The van der Waals surface area contributed by atoms with Crippen LogP contribution in [0.2, 0.25) is 0 Å². The summed E-state index contributed by atoms with van der Waals surface area (Å²) in [7, 11) is 0. The van der Waals surface area contributed by atoms with Crippen LogP contribution in [-0.4, -0.2) is 15.0 Å². The second kappa shape index (κ2) is 13.3. The number of fused-ring (bicyclic) bond motifs is 10. The summed E-state index contributed by atoms with van der Waals surface area (Å²) in [6.45, 7) is 0. The summed E-state index contributed by atoms with van der Waals surface area (Å²) in [6, 6.07) is 66.0.